The van der Waals surface area contributed by atoms with Gasteiger partial charge in [-0.1, -0.05) is 29.3 Å². The van der Waals surface area contributed by atoms with Gasteiger partial charge >= 0.3 is 0 Å². The Labute approximate surface area is 222 Å². The second kappa shape index (κ2) is 12.7. The van der Waals surface area contributed by atoms with Gasteiger partial charge in [0, 0.05) is 44.5 Å². The molecule has 3 aromatic rings. The quantitative estimate of drug-likeness (QED) is 0.330. The summed E-state index contributed by atoms with van der Waals surface area (Å²) in [7, 11) is 1.65. The van der Waals surface area contributed by atoms with E-state index in [1.165, 1.54) is 0 Å². The van der Waals surface area contributed by atoms with Crippen LogP contribution in [0.1, 0.15) is 31.2 Å². The molecule has 1 fully saturated rings. The number of aryl methyl sites for hydroxylation is 1. The number of hydrogen-bond acceptors (Lipinski definition) is 6. The Balaban J connectivity index is 1.29. The van der Waals surface area contributed by atoms with E-state index in [0.29, 0.717) is 35.2 Å². The summed E-state index contributed by atoms with van der Waals surface area (Å²) in [5.74, 6) is 2.08. The van der Waals surface area contributed by atoms with Crippen molar-refractivity contribution >= 4 is 23.2 Å². The largest absolute Gasteiger partial charge is 0.493 e. The van der Waals surface area contributed by atoms with Gasteiger partial charge in [-0.2, -0.15) is 5.10 Å². The fourth-order valence-corrected chi connectivity index (χ4v) is 4.64. The van der Waals surface area contributed by atoms with Crippen molar-refractivity contribution in [2.24, 2.45) is 0 Å². The van der Waals surface area contributed by atoms with E-state index < -0.39 is 5.60 Å². The molecule has 1 atom stereocenters. The van der Waals surface area contributed by atoms with Crippen LogP contribution >= 0.6 is 23.2 Å². The van der Waals surface area contributed by atoms with Gasteiger partial charge < -0.3 is 19.3 Å². The Kier molecular flexibility index (Phi) is 9.37. The summed E-state index contributed by atoms with van der Waals surface area (Å²) in [5, 5.41) is 16.3. The first kappa shape index (κ1) is 26.6. The summed E-state index contributed by atoms with van der Waals surface area (Å²) in [6.07, 6.45) is 6.76. The fraction of sp³-hybridized carbons (Fsp3) is 0.444. The lowest BCUT2D eigenvalue weighted by molar-refractivity contribution is -0.0168. The standard InChI is InChI=1S/C27H33Cl2N3O4/c1-34-25-8-5-21(17-26(25)35-16-4-14-32-13-3-11-30-32)19-31-12-2-9-27(33,10-15-31)20-36-22-6-7-23(28)24(29)18-22/h3,5-8,11,13,17-18,33H,2,4,9-10,12,14-16,19-20H2,1H3/t27-/m0/s1. The van der Waals surface area contributed by atoms with E-state index in [-0.39, 0.29) is 6.61 Å². The van der Waals surface area contributed by atoms with Gasteiger partial charge in [0.2, 0.25) is 0 Å². The number of benzene rings is 2. The molecule has 0 saturated carbocycles. The van der Waals surface area contributed by atoms with Gasteiger partial charge in [0.1, 0.15) is 12.4 Å². The number of methoxy groups -OCH3 is 1. The molecule has 7 nitrogen and oxygen atoms in total. The third-order valence-corrected chi connectivity index (χ3v) is 7.13. The minimum absolute atomic E-state index is 0.220. The third-order valence-electron chi connectivity index (χ3n) is 6.39. The summed E-state index contributed by atoms with van der Waals surface area (Å²) in [4.78, 5) is 2.36. The van der Waals surface area contributed by atoms with Crippen LogP contribution in [-0.2, 0) is 13.1 Å². The van der Waals surface area contributed by atoms with E-state index >= 15 is 0 Å². The normalized spacial score (nSPS) is 18.6. The average Bonchev–Trinajstić information content (AvgIpc) is 3.33. The van der Waals surface area contributed by atoms with Crippen molar-refractivity contribution in [3.63, 3.8) is 0 Å². The number of halogens is 2. The van der Waals surface area contributed by atoms with Gasteiger partial charge in [0.05, 0.1) is 29.4 Å². The molecule has 2 aromatic carbocycles. The SMILES string of the molecule is COc1ccc(CN2CCC[C@@](O)(COc3ccc(Cl)c(Cl)c3)CC2)cc1OCCCn1cccn1. The maximum Gasteiger partial charge on any atom is 0.161 e. The molecule has 0 radical (unpaired) electrons. The van der Waals surface area contributed by atoms with E-state index in [9.17, 15) is 5.11 Å². The highest BCUT2D eigenvalue weighted by atomic mass is 35.5. The minimum atomic E-state index is -0.885. The summed E-state index contributed by atoms with van der Waals surface area (Å²) in [5.41, 5.74) is 0.263. The number of nitrogens with zero attached hydrogens (tertiary/aromatic N) is 3. The first-order valence-electron chi connectivity index (χ1n) is 12.2. The van der Waals surface area contributed by atoms with Crippen LogP contribution in [0.2, 0.25) is 10.0 Å². The molecular weight excluding hydrogens is 501 g/mol. The zero-order chi connectivity index (χ0) is 25.4. The smallest absolute Gasteiger partial charge is 0.161 e. The van der Waals surface area contributed by atoms with Crippen LogP contribution in [0, 0.1) is 0 Å². The van der Waals surface area contributed by atoms with Gasteiger partial charge in [-0.05, 0) is 61.7 Å². The zero-order valence-corrected chi connectivity index (χ0v) is 22.0. The van der Waals surface area contributed by atoms with Gasteiger partial charge in [-0.25, -0.2) is 0 Å². The lowest BCUT2D eigenvalue weighted by Crippen LogP contribution is -2.37. The highest BCUT2D eigenvalue weighted by Gasteiger charge is 2.31. The number of aliphatic hydroxyl groups is 1. The topological polar surface area (TPSA) is 69.0 Å². The van der Waals surface area contributed by atoms with E-state index in [1.54, 1.807) is 31.5 Å². The van der Waals surface area contributed by atoms with Crippen molar-refractivity contribution in [3.05, 3.63) is 70.5 Å². The Morgan fingerprint density at radius 1 is 1.03 bits per heavy atom. The molecule has 0 spiro atoms. The summed E-state index contributed by atoms with van der Waals surface area (Å²) in [6, 6.07) is 13.1. The van der Waals surface area contributed by atoms with Crippen molar-refractivity contribution in [1.82, 2.24) is 14.7 Å². The molecule has 1 aliphatic rings. The van der Waals surface area contributed by atoms with Crippen LogP contribution < -0.4 is 14.2 Å². The Bertz CT molecular complexity index is 1110. The van der Waals surface area contributed by atoms with Crippen LogP contribution in [0.4, 0.5) is 0 Å². The van der Waals surface area contributed by atoms with Crippen molar-refractivity contribution in [2.75, 3.05) is 33.4 Å². The first-order valence-corrected chi connectivity index (χ1v) is 13.0. The minimum Gasteiger partial charge on any atom is -0.493 e. The summed E-state index contributed by atoms with van der Waals surface area (Å²) < 4.78 is 19.3. The third kappa shape index (κ3) is 7.53. The van der Waals surface area contributed by atoms with E-state index in [1.807, 2.05) is 23.0 Å². The maximum atomic E-state index is 11.2. The Morgan fingerprint density at radius 3 is 2.69 bits per heavy atom. The van der Waals surface area contributed by atoms with Gasteiger partial charge in [-0.15, -0.1) is 0 Å². The van der Waals surface area contributed by atoms with Crippen molar-refractivity contribution < 1.29 is 19.3 Å². The Hall–Kier alpha value is -2.45. The predicted octanol–water partition coefficient (Wildman–Crippen LogP) is 5.46. The molecule has 1 N–H and O–H groups in total. The monoisotopic (exact) mass is 533 g/mol. The number of likely N-dealkylation sites (tertiary alicyclic amines) is 1. The lowest BCUT2D eigenvalue weighted by atomic mass is 9.96. The maximum absolute atomic E-state index is 11.2. The first-order chi connectivity index (χ1) is 17.4. The second-order valence-corrected chi connectivity index (χ2v) is 9.99. The fourth-order valence-electron chi connectivity index (χ4n) is 4.35. The Morgan fingerprint density at radius 2 is 1.92 bits per heavy atom. The molecule has 1 saturated heterocycles. The van der Waals surface area contributed by atoms with Gasteiger partial charge in [0.25, 0.3) is 0 Å². The number of aromatic nitrogens is 2. The molecule has 0 bridgehead atoms. The number of hydrogen-bond donors (Lipinski definition) is 1. The van der Waals surface area contributed by atoms with Crippen LogP contribution in [0.3, 0.4) is 0 Å². The second-order valence-electron chi connectivity index (χ2n) is 9.17. The zero-order valence-electron chi connectivity index (χ0n) is 20.5. The van der Waals surface area contributed by atoms with E-state index in [0.717, 1.165) is 56.1 Å². The van der Waals surface area contributed by atoms with E-state index in [2.05, 4.69) is 22.1 Å². The number of rotatable bonds is 11. The summed E-state index contributed by atoms with van der Waals surface area (Å²) in [6.45, 7) is 4.06. The van der Waals surface area contributed by atoms with E-state index in [4.69, 9.17) is 37.4 Å². The van der Waals surface area contributed by atoms with Crippen molar-refractivity contribution in [2.45, 2.75) is 44.4 Å². The molecule has 0 amide bonds. The van der Waals surface area contributed by atoms with Crippen LogP contribution in [0.25, 0.3) is 0 Å². The van der Waals surface area contributed by atoms with Gasteiger partial charge in [-0.3, -0.25) is 9.58 Å². The molecular formula is C27H33Cl2N3O4. The highest BCUT2D eigenvalue weighted by Crippen LogP contribution is 2.31. The molecule has 0 unspecified atom stereocenters. The molecule has 1 aromatic heterocycles. The number of ether oxygens (including phenoxy) is 3. The van der Waals surface area contributed by atoms with Gasteiger partial charge in [0.15, 0.2) is 11.5 Å². The summed E-state index contributed by atoms with van der Waals surface area (Å²) >= 11 is 12.1. The van der Waals surface area contributed by atoms with Crippen LogP contribution in [0.5, 0.6) is 17.2 Å². The highest BCUT2D eigenvalue weighted by molar-refractivity contribution is 6.42. The molecule has 36 heavy (non-hydrogen) atoms. The molecule has 2 heterocycles. The van der Waals surface area contributed by atoms with Crippen LogP contribution in [-0.4, -0.2) is 58.8 Å². The average molecular weight is 534 g/mol. The van der Waals surface area contributed by atoms with Crippen molar-refractivity contribution in [1.29, 1.82) is 0 Å². The lowest BCUT2D eigenvalue weighted by Gasteiger charge is -2.27. The van der Waals surface area contributed by atoms with Crippen LogP contribution in [0.15, 0.2) is 54.9 Å². The predicted molar refractivity (Wildman–Crippen MR) is 141 cm³/mol. The molecule has 1 aliphatic heterocycles. The van der Waals surface area contributed by atoms with Crippen molar-refractivity contribution in [3.8, 4) is 17.2 Å². The molecule has 4 rings (SSSR count). The molecule has 9 heteroatoms. The molecule has 0 aliphatic carbocycles. The molecule has 194 valence electrons.